The molecule has 0 heterocycles. The van der Waals surface area contributed by atoms with Gasteiger partial charge < -0.3 is 16.4 Å². The molecule has 7 heteroatoms. The smallest absolute Gasteiger partial charge is 0.334 e. The molecule has 118 valence electrons. The average Bonchev–Trinajstić information content (AvgIpc) is 2.36. The molecule has 0 aliphatic rings. The standard InChI is InChI=1S/C14H20F3N3O/c1-9(2)7-12(8-18)20-13(21)19-11-5-3-10(4-6-11)14(15,16)17/h3-6,9,12H,7-8,18H2,1-2H3,(H2,19,20,21). The second-order valence-corrected chi connectivity index (χ2v) is 5.24. The number of amides is 2. The average molecular weight is 303 g/mol. The predicted octanol–water partition coefficient (Wildman–Crippen LogP) is 3.20. The second kappa shape index (κ2) is 7.31. The van der Waals surface area contributed by atoms with E-state index in [1.165, 1.54) is 12.1 Å². The summed E-state index contributed by atoms with van der Waals surface area (Å²) >= 11 is 0. The molecule has 0 saturated heterocycles. The third kappa shape index (κ3) is 6.03. The van der Waals surface area contributed by atoms with Gasteiger partial charge in [0.05, 0.1) is 5.56 Å². The quantitative estimate of drug-likeness (QED) is 0.782. The van der Waals surface area contributed by atoms with Gasteiger partial charge in [-0.05, 0) is 36.6 Å². The van der Waals surface area contributed by atoms with Crippen molar-refractivity contribution in [3.63, 3.8) is 0 Å². The zero-order valence-corrected chi connectivity index (χ0v) is 12.0. The Morgan fingerprint density at radius 3 is 2.24 bits per heavy atom. The molecule has 2 amide bonds. The van der Waals surface area contributed by atoms with E-state index >= 15 is 0 Å². The molecule has 4 nitrogen and oxygen atoms in total. The lowest BCUT2D eigenvalue weighted by Crippen LogP contribution is -2.43. The summed E-state index contributed by atoms with van der Waals surface area (Å²) in [4.78, 5) is 11.7. The molecule has 0 bridgehead atoms. The maximum absolute atomic E-state index is 12.4. The van der Waals surface area contributed by atoms with Crippen LogP contribution in [0.2, 0.25) is 0 Å². The van der Waals surface area contributed by atoms with Crippen molar-refractivity contribution < 1.29 is 18.0 Å². The summed E-state index contributed by atoms with van der Waals surface area (Å²) in [7, 11) is 0. The molecular weight excluding hydrogens is 283 g/mol. The van der Waals surface area contributed by atoms with Crippen LogP contribution in [0, 0.1) is 5.92 Å². The van der Waals surface area contributed by atoms with Crippen LogP contribution >= 0.6 is 0 Å². The van der Waals surface area contributed by atoms with Crippen LogP contribution in [0.1, 0.15) is 25.8 Å². The monoisotopic (exact) mass is 303 g/mol. The van der Waals surface area contributed by atoms with Crippen molar-refractivity contribution in [3.05, 3.63) is 29.8 Å². The first-order chi connectivity index (χ1) is 9.72. The highest BCUT2D eigenvalue weighted by atomic mass is 19.4. The van der Waals surface area contributed by atoms with Crippen LogP contribution in [0.3, 0.4) is 0 Å². The van der Waals surface area contributed by atoms with Gasteiger partial charge in [-0.25, -0.2) is 4.79 Å². The Hall–Kier alpha value is -1.76. The van der Waals surface area contributed by atoms with Gasteiger partial charge in [0.15, 0.2) is 0 Å². The minimum absolute atomic E-state index is 0.167. The highest BCUT2D eigenvalue weighted by Crippen LogP contribution is 2.29. The van der Waals surface area contributed by atoms with E-state index in [9.17, 15) is 18.0 Å². The van der Waals surface area contributed by atoms with Gasteiger partial charge in [-0.2, -0.15) is 13.2 Å². The number of rotatable bonds is 5. The number of hydrogen-bond acceptors (Lipinski definition) is 2. The molecule has 0 aromatic heterocycles. The van der Waals surface area contributed by atoms with Crippen molar-refractivity contribution in [2.45, 2.75) is 32.5 Å². The Kier molecular flexibility index (Phi) is 6.02. The lowest BCUT2D eigenvalue weighted by atomic mass is 10.0. The molecule has 0 aliphatic carbocycles. The van der Waals surface area contributed by atoms with Gasteiger partial charge in [-0.15, -0.1) is 0 Å². The van der Waals surface area contributed by atoms with Crippen molar-refractivity contribution in [2.24, 2.45) is 11.7 Å². The Balaban J connectivity index is 2.58. The summed E-state index contributed by atoms with van der Waals surface area (Å²) in [6.45, 7) is 4.33. The molecule has 0 spiro atoms. The van der Waals surface area contributed by atoms with Crippen LogP contribution in [0.25, 0.3) is 0 Å². The fourth-order valence-electron chi connectivity index (χ4n) is 1.88. The van der Waals surface area contributed by atoms with Gasteiger partial charge in [0.1, 0.15) is 0 Å². The highest BCUT2D eigenvalue weighted by Gasteiger charge is 2.30. The van der Waals surface area contributed by atoms with E-state index in [-0.39, 0.29) is 6.04 Å². The van der Waals surface area contributed by atoms with Crippen molar-refractivity contribution >= 4 is 11.7 Å². The summed E-state index contributed by atoms with van der Waals surface area (Å²) in [6.07, 6.45) is -3.65. The zero-order chi connectivity index (χ0) is 16.0. The summed E-state index contributed by atoms with van der Waals surface area (Å²) in [5, 5.41) is 5.18. The molecule has 0 fully saturated rings. The van der Waals surface area contributed by atoms with Crippen LogP contribution in [-0.2, 0) is 6.18 Å². The normalized spacial score (nSPS) is 13.1. The van der Waals surface area contributed by atoms with Crippen LogP contribution < -0.4 is 16.4 Å². The first-order valence-corrected chi connectivity index (χ1v) is 6.67. The van der Waals surface area contributed by atoms with Crippen molar-refractivity contribution in [1.82, 2.24) is 5.32 Å². The van der Waals surface area contributed by atoms with Crippen molar-refractivity contribution in [1.29, 1.82) is 0 Å². The number of urea groups is 1. The topological polar surface area (TPSA) is 67.1 Å². The molecule has 1 aromatic rings. The van der Waals surface area contributed by atoms with Crippen molar-refractivity contribution in [2.75, 3.05) is 11.9 Å². The fraction of sp³-hybridized carbons (Fsp3) is 0.500. The van der Waals surface area contributed by atoms with Crippen molar-refractivity contribution in [3.8, 4) is 0 Å². The van der Waals surface area contributed by atoms with Gasteiger partial charge in [0.25, 0.3) is 0 Å². The predicted molar refractivity (Wildman–Crippen MR) is 75.9 cm³/mol. The van der Waals surface area contributed by atoms with Crippen LogP contribution in [-0.4, -0.2) is 18.6 Å². The van der Waals surface area contributed by atoms with Crippen LogP contribution in [0.15, 0.2) is 24.3 Å². The van der Waals surface area contributed by atoms with Crippen LogP contribution in [0.4, 0.5) is 23.7 Å². The van der Waals surface area contributed by atoms with E-state index in [4.69, 9.17) is 5.73 Å². The highest BCUT2D eigenvalue weighted by molar-refractivity contribution is 5.89. The summed E-state index contributed by atoms with van der Waals surface area (Å²) in [5.41, 5.74) is 5.10. The number of hydrogen-bond donors (Lipinski definition) is 3. The number of nitrogens with one attached hydrogen (secondary N) is 2. The third-order valence-electron chi connectivity index (χ3n) is 2.85. The van der Waals surface area contributed by atoms with E-state index in [1.807, 2.05) is 13.8 Å². The largest absolute Gasteiger partial charge is 0.416 e. The van der Waals surface area contributed by atoms with Gasteiger partial charge in [-0.3, -0.25) is 0 Å². The summed E-state index contributed by atoms with van der Waals surface area (Å²) < 4.78 is 37.2. The molecule has 4 N–H and O–H groups in total. The first kappa shape index (κ1) is 17.3. The summed E-state index contributed by atoms with van der Waals surface area (Å²) in [5.74, 6) is 0.380. The van der Waals surface area contributed by atoms with Gasteiger partial charge in [0.2, 0.25) is 0 Å². The molecule has 21 heavy (non-hydrogen) atoms. The minimum Gasteiger partial charge on any atom is -0.334 e. The minimum atomic E-state index is -4.39. The molecule has 1 rings (SSSR count). The second-order valence-electron chi connectivity index (χ2n) is 5.24. The molecule has 0 aliphatic heterocycles. The Labute approximate surface area is 121 Å². The molecule has 0 radical (unpaired) electrons. The number of carbonyl (C=O) groups excluding carboxylic acids is 1. The van der Waals surface area contributed by atoms with Gasteiger partial charge in [0, 0.05) is 18.3 Å². The number of benzene rings is 1. The van der Waals surface area contributed by atoms with Crippen LogP contribution in [0.5, 0.6) is 0 Å². The number of nitrogens with two attached hydrogens (primary N) is 1. The number of halogens is 3. The molecular formula is C14H20F3N3O. The molecule has 0 saturated carbocycles. The maximum atomic E-state index is 12.4. The fourth-order valence-corrected chi connectivity index (χ4v) is 1.88. The molecule has 1 aromatic carbocycles. The first-order valence-electron chi connectivity index (χ1n) is 6.67. The number of anilines is 1. The van der Waals surface area contributed by atoms with Gasteiger partial charge in [-0.1, -0.05) is 13.8 Å². The summed E-state index contributed by atoms with van der Waals surface area (Å²) in [6, 6.07) is 3.61. The Bertz CT molecular complexity index is 458. The molecule has 1 unspecified atom stereocenters. The SMILES string of the molecule is CC(C)CC(CN)NC(=O)Nc1ccc(C(F)(F)F)cc1. The Morgan fingerprint density at radius 2 is 1.81 bits per heavy atom. The lowest BCUT2D eigenvalue weighted by molar-refractivity contribution is -0.137. The van der Waals surface area contributed by atoms with Gasteiger partial charge >= 0.3 is 12.2 Å². The van der Waals surface area contributed by atoms with E-state index < -0.39 is 17.8 Å². The van der Waals surface area contributed by atoms with E-state index in [2.05, 4.69) is 10.6 Å². The lowest BCUT2D eigenvalue weighted by Gasteiger charge is -2.19. The Morgan fingerprint density at radius 1 is 1.24 bits per heavy atom. The maximum Gasteiger partial charge on any atom is 0.416 e. The number of carbonyl (C=O) groups is 1. The zero-order valence-electron chi connectivity index (χ0n) is 12.0. The van der Waals surface area contributed by atoms with E-state index in [0.29, 0.717) is 18.2 Å². The molecule has 1 atom stereocenters. The van der Waals surface area contributed by atoms with E-state index in [0.717, 1.165) is 18.6 Å². The third-order valence-corrected chi connectivity index (χ3v) is 2.85. The number of alkyl halides is 3. The van der Waals surface area contributed by atoms with E-state index in [1.54, 1.807) is 0 Å².